The number of aliphatic hydroxyl groups excluding tert-OH is 2. The first-order chi connectivity index (χ1) is 9.15. The van der Waals surface area contributed by atoms with Crippen molar-refractivity contribution >= 4 is 0 Å². The van der Waals surface area contributed by atoms with Gasteiger partial charge in [0.25, 0.3) is 0 Å². The summed E-state index contributed by atoms with van der Waals surface area (Å²) < 4.78 is 23.7. The zero-order chi connectivity index (χ0) is 14.1. The second-order valence-corrected chi connectivity index (χ2v) is 4.35. The number of hydrogen-bond donors (Lipinski definition) is 2. The zero-order valence-electron chi connectivity index (χ0n) is 11.1. The van der Waals surface area contributed by atoms with Crippen LogP contribution in [0.25, 0.3) is 0 Å². The van der Waals surface area contributed by atoms with Gasteiger partial charge in [-0.2, -0.15) is 0 Å². The summed E-state index contributed by atoms with van der Waals surface area (Å²) in [6, 6.07) is 3.98. The summed E-state index contributed by atoms with van der Waals surface area (Å²) in [4.78, 5) is 0. The topological polar surface area (TPSA) is 58.9 Å². The first-order valence-electron chi connectivity index (χ1n) is 6.44. The third-order valence-corrected chi connectivity index (χ3v) is 2.51. The highest BCUT2D eigenvalue weighted by atomic mass is 19.1. The average Bonchev–Trinajstić information content (AvgIpc) is 2.40. The van der Waals surface area contributed by atoms with E-state index in [0.29, 0.717) is 12.2 Å². The fraction of sp³-hybridized carbons (Fsp3) is 0.571. The molecule has 2 N–H and O–H groups in total. The van der Waals surface area contributed by atoms with Crippen LogP contribution in [0, 0.1) is 5.82 Å². The summed E-state index contributed by atoms with van der Waals surface area (Å²) in [5, 5.41) is 18.6. The molecule has 1 unspecified atom stereocenters. The lowest BCUT2D eigenvalue weighted by Gasteiger charge is -2.13. The molecular formula is C14H21FO4. The second kappa shape index (κ2) is 8.85. The number of benzene rings is 1. The van der Waals surface area contributed by atoms with Crippen molar-refractivity contribution in [3.05, 3.63) is 29.6 Å². The van der Waals surface area contributed by atoms with Gasteiger partial charge in [-0.25, -0.2) is 4.39 Å². The van der Waals surface area contributed by atoms with Crippen LogP contribution < -0.4 is 4.74 Å². The minimum Gasteiger partial charge on any atom is -0.491 e. The number of rotatable bonds is 9. The molecule has 0 amide bonds. The zero-order valence-corrected chi connectivity index (χ0v) is 11.1. The molecule has 19 heavy (non-hydrogen) atoms. The monoisotopic (exact) mass is 272 g/mol. The van der Waals surface area contributed by atoms with Gasteiger partial charge in [0.15, 0.2) is 0 Å². The Morgan fingerprint density at radius 3 is 2.74 bits per heavy atom. The van der Waals surface area contributed by atoms with Crippen LogP contribution in [0.4, 0.5) is 4.39 Å². The van der Waals surface area contributed by atoms with Crippen LogP contribution in [-0.4, -0.2) is 36.1 Å². The van der Waals surface area contributed by atoms with E-state index >= 15 is 0 Å². The highest BCUT2D eigenvalue weighted by Crippen LogP contribution is 2.16. The summed E-state index contributed by atoms with van der Waals surface area (Å²) in [7, 11) is 0. The van der Waals surface area contributed by atoms with Crippen LogP contribution in [0.15, 0.2) is 18.2 Å². The molecule has 1 atom stereocenters. The number of ether oxygens (including phenoxy) is 2. The molecule has 5 heteroatoms. The van der Waals surface area contributed by atoms with E-state index < -0.39 is 11.9 Å². The van der Waals surface area contributed by atoms with Crippen molar-refractivity contribution < 1.29 is 24.1 Å². The standard InChI is InChI=1S/C14H21FO4/c1-2-3-4-18-9-13(17)10-19-14-6-11(8-16)5-12(15)7-14/h5-7,13,16-17H,2-4,8-10H2,1H3. The van der Waals surface area contributed by atoms with Gasteiger partial charge in [-0.15, -0.1) is 0 Å². The lowest BCUT2D eigenvalue weighted by molar-refractivity contribution is 0.0112. The van der Waals surface area contributed by atoms with Crippen molar-refractivity contribution in [2.24, 2.45) is 0 Å². The summed E-state index contributed by atoms with van der Waals surface area (Å²) >= 11 is 0. The normalized spacial score (nSPS) is 12.4. The van der Waals surface area contributed by atoms with E-state index in [0.717, 1.165) is 12.8 Å². The van der Waals surface area contributed by atoms with Gasteiger partial charge in [-0.3, -0.25) is 0 Å². The molecule has 0 aromatic heterocycles. The third-order valence-electron chi connectivity index (χ3n) is 2.51. The molecule has 0 saturated heterocycles. The lowest BCUT2D eigenvalue weighted by Crippen LogP contribution is -2.23. The number of unbranched alkanes of at least 4 members (excludes halogenated alkanes) is 1. The Kier molecular flexibility index (Phi) is 7.40. The third kappa shape index (κ3) is 6.52. The van der Waals surface area contributed by atoms with Gasteiger partial charge in [-0.05, 0) is 24.1 Å². The van der Waals surface area contributed by atoms with Gasteiger partial charge in [0.1, 0.15) is 24.3 Å². The largest absolute Gasteiger partial charge is 0.491 e. The molecule has 0 heterocycles. The molecule has 4 nitrogen and oxygen atoms in total. The number of aliphatic hydroxyl groups is 2. The lowest BCUT2D eigenvalue weighted by atomic mass is 10.2. The molecule has 1 aromatic carbocycles. The predicted molar refractivity (Wildman–Crippen MR) is 69.6 cm³/mol. The molecule has 1 aromatic rings. The molecule has 0 aliphatic carbocycles. The van der Waals surface area contributed by atoms with E-state index in [9.17, 15) is 9.50 Å². The Morgan fingerprint density at radius 2 is 2.05 bits per heavy atom. The maximum Gasteiger partial charge on any atom is 0.127 e. The van der Waals surface area contributed by atoms with Crippen molar-refractivity contribution in [1.82, 2.24) is 0 Å². The van der Waals surface area contributed by atoms with Gasteiger partial charge < -0.3 is 19.7 Å². The van der Waals surface area contributed by atoms with E-state index in [-0.39, 0.29) is 25.6 Å². The number of hydrogen-bond acceptors (Lipinski definition) is 4. The highest BCUT2D eigenvalue weighted by Gasteiger charge is 2.07. The van der Waals surface area contributed by atoms with Gasteiger partial charge in [0, 0.05) is 12.7 Å². The highest BCUT2D eigenvalue weighted by molar-refractivity contribution is 5.29. The van der Waals surface area contributed by atoms with Crippen LogP contribution >= 0.6 is 0 Å². The summed E-state index contributed by atoms with van der Waals surface area (Å²) in [5.41, 5.74) is 0.434. The van der Waals surface area contributed by atoms with Crippen LogP contribution in [-0.2, 0) is 11.3 Å². The predicted octanol–water partition coefficient (Wildman–Crippen LogP) is 1.87. The van der Waals surface area contributed by atoms with Gasteiger partial charge in [0.2, 0.25) is 0 Å². The van der Waals surface area contributed by atoms with E-state index in [4.69, 9.17) is 14.6 Å². The van der Waals surface area contributed by atoms with Gasteiger partial charge in [0.05, 0.1) is 13.2 Å². The van der Waals surface area contributed by atoms with Gasteiger partial charge >= 0.3 is 0 Å². The maximum absolute atomic E-state index is 13.1. The van der Waals surface area contributed by atoms with Crippen molar-refractivity contribution in [2.45, 2.75) is 32.5 Å². The molecule has 1 rings (SSSR count). The summed E-state index contributed by atoms with van der Waals surface area (Å²) in [5.74, 6) is -0.188. The summed E-state index contributed by atoms with van der Waals surface area (Å²) in [6.45, 7) is 2.65. The van der Waals surface area contributed by atoms with Crippen molar-refractivity contribution in [2.75, 3.05) is 19.8 Å². The van der Waals surface area contributed by atoms with Crippen LogP contribution in [0.5, 0.6) is 5.75 Å². The minimum absolute atomic E-state index is 0.0282. The minimum atomic E-state index is -0.752. The maximum atomic E-state index is 13.1. The Balaban J connectivity index is 2.33. The molecule has 0 spiro atoms. The molecule has 0 aliphatic heterocycles. The van der Waals surface area contributed by atoms with Crippen molar-refractivity contribution in [3.63, 3.8) is 0 Å². The quantitative estimate of drug-likeness (QED) is 0.674. The molecule has 0 bridgehead atoms. The second-order valence-electron chi connectivity index (χ2n) is 4.35. The SMILES string of the molecule is CCCCOCC(O)COc1cc(F)cc(CO)c1. The first kappa shape index (κ1) is 15.9. The van der Waals surface area contributed by atoms with Crippen molar-refractivity contribution in [1.29, 1.82) is 0 Å². The van der Waals surface area contributed by atoms with E-state index in [1.807, 2.05) is 0 Å². The van der Waals surface area contributed by atoms with E-state index in [1.54, 1.807) is 0 Å². The molecule has 0 fully saturated rings. The fourth-order valence-corrected chi connectivity index (χ4v) is 1.50. The number of halogens is 1. The van der Waals surface area contributed by atoms with E-state index in [2.05, 4.69) is 6.92 Å². The van der Waals surface area contributed by atoms with Crippen LogP contribution in [0.1, 0.15) is 25.3 Å². The average molecular weight is 272 g/mol. The molecule has 0 saturated carbocycles. The van der Waals surface area contributed by atoms with Crippen LogP contribution in [0.3, 0.4) is 0 Å². The fourth-order valence-electron chi connectivity index (χ4n) is 1.50. The molecule has 108 valence electrons. The van der Waals surface area contributed by atoms with E-state index in [1.165, 1.54) is 18.2 Å². The van der Waals surface area contributed by atoms with Gasteiger partial charge in [-0.1, -0.05) is 13.3 Å². The van der Waals surface area contributed by atoms with Crippen LogP contribution in [0.2, 0.25) is 0 Å². The Bertz CT molecular complexity index is 370. The van der Waals surface area contributed by atoms with Crippen molar-refractivity contribution in [3.8, 4) is 5.75 Å². The molecule has 0 aliphatic rings. The molecule has 0 radical (unpaired) electrons. The Hall–Kier alpha value is -1.17. The smallest absolute Gasteiger partial charge is 0.127 e. The Labute approximate surface area is 112 Å². The Morgan fingerprint density at radius 1 is 1.26 bits per heavy atom. The molecular weight excluding hydrogens is 251 g/mol. The first-order valence-corrected chi connectivity index (χ1v) is 6.44. The summed E-state index contributed by atoms with van der Waals surface area (Å²) in [6.07, 6.45) is 1.25.